The highest BCUT2D eigenvalue weighted by Crippen LogP contribution is 2.17. The Bertz CT molecular complexity index is 404. The highest BCUT2D eigenvalue weighted by atomic mass is 16.1. The predicted molar refractivity (Wildman–Crippen MR) is 71.3 cm³/mol. The number of carbonyl (C=O) groups excluding carboxylic acids is 1. The standard InChI is InChI=1S/C13H20N4O/c1-2-11(14)12-4-3-10(9-16-12)17-7-5-13(18)15-6-8-17/h3-4,9,11H,2,5-8,14H2,1H3,(H,15,18)/t11-/m0/s1. The molecule has 0 aromatic carbocycles. The minimum Gasteiger partial charge on any atom is -0.368 e. The second-order valence-electron chi connectivity index (χ2n) is 4.54. The van der Waals surface area contributed by atoms with Gasteiger partial charge in [-0.2, -0.15) is 0 Å². The number of pyridine rings is 1. The molecule has 98 valence electrons. The third-order valence-electron chi connectivity index (χ3n) is 3.27. The number of anilines is 1. The SMILES string of the molecule is CC[C@H](N)c1ccc(N2CCNC(=O)CC2)cn1. The summed E-state index contributed by atoms with van der Waals surface area (Å²) in [5.74, 6) is 0.120. The highest BCUT2D eigenvalue weighted by molar-refractivity contribution is 5.77. The molecule has 0 aliphatic carbocycles. The van der Waals surface area contributed by atoms with Crippen molar-refractivity contribution in [1.82, 2.24) is 10.3 Å². The minimum atomic E-state index is 0.00595. The van der Waals surface area contributed by atoms with Crippen molar-refractivity contribution in [1.29, 1.82) is 0 Å². The Labute approximate surface area is 107 Å². The molecule has 5 heteroatoms. The largest absolute Gasteiger partial charge is 0.368 e. The van der Waals surface area contributed by atoms with E-state index in [-0.39, 0.29) is 11.9 Å². The van der Waals surface area contributed by atoms with Crippen LogP contribution in [-0.4, -0.2) is 30.5 Å². The van der Waals surface area contributed by atoms with Crippen molar-refractivity contribution in [2.75, 3.05) is 24.5 Å². The smallest absolute Gasteiger partial charge is 0.221 e. The van der Waals surface area contributed by atoms with Crippen molar-refractivity contribution in [3.05, 3.63) is 24.0 Å². The summed E-state index contributed by atoms with van der Waals surface area (Å²) in [7, 11) is 0. The second-order valence-corrected chi connectivity index (χ2v) is 4.54. The number of amides is 1. The zero-order valence-electron chi connectivity index (χ0n) is 10.7. The number of hydrogen-bond acceptors (Lipinski definition) is 4. The fraction of sp³-hybridized carbons (Fsp3) is 0.538. The summed E-state index contributed by atoms with van der Waals surface area (Å²) in [6.07, 6.45) is 3.27. The van der Waals surface area contributed by atoms with Crippen molar-refractivity contribution >= 4 is 11.6 Å². The average molecular weight is 248 g/mol. The van der Waals surface area contributed by atoms with Crippen LogP contribution in [0.25, 0.3) is 0 Å². The topological polar surface area (TPSA) is 71.2 Å². The number of rotatable bonds is 3. The molecule has 1 aromatic heterocycles. The number of hydrogen-bond donors (Lipinski definition) is 2. The molecule has 0 bridgehead atoms. The lowest BCUT2D eigenvalue weighted by atomic mass is 10.1. The van der Waals surface area contributed by atoms with E-state index in [1.807, 2.05) is 25.3 Å². The summed E-state index contributed by atoms with van der Waals surface area (Å²) in [5.41, 5.74) is 7.91. The third kappa shape index (κ3) is 2.98. The van der Waals surface area contributed by atoms with Crippen LogP contribution < -0.4 is 16.0 Å². The van der Waals surface area contributed by atoms with E-state index in [9.17, 15) is 4.79 Å². The molecular formula is C13H20N4O. The lowest BCUT2D eigenvalue weighted by Crippen LogP contribution is -2.28. The van der Waals surface area contributed by atoms with Crippen LogP contribution in [0.5, 0.6) is 0 Å². The van der Waals surface area contributed by atoms with E-state index >= 15 is 0 Å². The molecule has 0 spiro atoms. The van der Waals surface area contributed by atoms with Gasteiger partial charge in [0.2, 0.25) is 5.91 Å². The molecule has 2 rings (SSSR count). The first-order valence-electron chi connectivity index (χ1n) is 6.44. The maximum atomic E-state index is 11.3. The third-order valence-corrected chi connectivity index (χ3v) is 3.27. The monoisotopic (exact) mass is 248 g/mol. The normalized spacial score (nSPS) is 18.1. The number of nitrogens with zero attached hydrogens (tertiary/aromatic N) is 2. The van der Waals surface area contributed by atoms with E-state index in [1.54, 1.807) is 0 Å². The Morgan fingerprint density at radius 1 is 1.50 bits per heavy atom. The molecule has 2 heterocycles. The fourth-order valence-electron chi connectivity index (χ4n) is 2.04. The van der Waals surface area contributed by atoms with Crippen molar-refractivity contribution in [2.24, 2.45) is 5.73 Å². The molecule has 1 aromatic rings. The van der Waals surface area contributed by atoms with Gasteiger partial charge in [-0.1, -0.05) is 6.92 Å². The summed E-state index contributed by atoms with van der Waals surface area (Å²) in [4.78, 5) is 17.8. The molecule has 0 unspecified atom stereocenters. The van der Waals surface area contributed by atoms with Gasteiger partial charge in [0, 0.05) is 32.1 Å². The van der Waals surface area contributed by atoms with Crippen LogP contribution in [0.3, 0.4) is 0 Å². The predicted octanol–water partition coefficient (Wildman–Crippen LogP) is 0.818. The molecule has 0 saturated carbocycles. The first kappa shape index (κ1) is 12.8. The van der Waals surface area contributed by atoms with Crippen LogP contribution in [0.15, 0.2) is 18.3 Å². The van der Waals surface area contributed by atoms with Crippen molar-refractivity contribution in [3.63, 3.8) is 0 Å². The van der Waals surface area contributed by atoms with E-state index in [0.29, 0.717) is 13.0 Å². The van der Waals surface area contributed by atoms with Crippen LogP contribution >= 0.6 is 0 Å². The molecule has 18 heavy (non-hydrogen) atoms. The Hall–Kier alpha value is -1.62. The lowest BCUT2D eigenvalue weighted by molar-refractivity contribution is -0.120. The Morgan fingerprint density at radius 3 is 3.00 bits per heavy atom. The molecule has 1 aliphatic rings. The molecule has 1 amide bonds. The van der Waals surface area contributed by atoms with E-state index in [4.69, 9.17) is 5.73 Å². The summed E-state index contributed by atoms with van der Waals surface area (Å²) in [5, 5.41) is 2.86. The van der Waals surface area contributed by atoms with Crippen LogP contribution in [0, 0.1) is 0 Å². The Balaban J connectivity index is 2.06. The molecule has 1 aliphatic heterocycles. The van der Waals surface area contributed by atoms with Gasteiger partial charge in [0.15, 0.2) is 0 Å². The van der Waals surface area contributed by atoms with Gasteiger partial charge in [-0.3, -0.25) is 9.78 Å². The number of aromatic nitrogens is 1. The molecule has 1 fully saturated rings. The van der Waals surface area contributed by atoms with E-state index in [0.717, 1.165) is 30.9 Å². The summed E-state index contributed by atoms with van der Waals surface area (Å²) >= 11 is 0. The zero-order valence-corrected chi connectivity index (χ0v) is 10.7. The van der Waals surface area contributed by atoms with Gasteiger partial charge >= 0.3 is 0 Å². The zero-order chi connectivity index (χ0) is 13.0. The van der Waals surface area contributed by atoms with Gasteiger partial charge < -0.3 is 16.0 Å². The highest BCUT2D eigenvalue weighted by Gasteiger charge is 2.14. The molecular weight excluding hydrogens is 228 g/mol. The average Bonchev–Trinajstić information content (AvgIpc) is 2.63. The van der Waals surface area contributed by atoms with Gasteiger partial charge in [0.25, 0.3) is 0 Å². The fourth-order valence-corrected chi connectivity index (χ4v) is 2.04. The molecule has 1 atom stereocenters. The van der Waals surface area contributed by atoms with E-state index in [1.165, 1.54) is 0 Å². The molecule has 5 nitrogen and oxygen atoms in total. The quantitative estimate of drug-likeness (QED) is 0.830. The van der Waals surface area contributed by atoms with Gasteiger partial charge in [-0.25, -0.2) is 0 Å². The number of nitrogens with one attached hydrogen (secondary N) is 1. The Kier molecular flexibility index (Phi) is 4.15. The first-order chi connectivity index (χ1) is 8.70. The van der Waals surface area contributed by atoms with Crippen LogP contribution in [0.1, 0.15) is 31.5 Å². The first-order valence-corrected chi connectivity index (χ1v) is 6.44. The molecule has 3 N–H and O–H groups in total. The van der Waals surface area contributed by atoms with Crippen molar-refractivity contribution < 1.29 is 4.79 Å². The van der Waals surface area contributed by atoms with Gasteiger partial charge in [0.1, 0.15) is 0 Å². The van der Waals surface area contributed by atoms with Gasteiger partial charge in [-0.05, 0) is 18.6 Å². The van der Waals surface area contributed by atoms with Gasteiger partial charge in [-0.15, -0.1) is 0 Å². The summed E-state index contributed by atoms with van der Waals surface area (Å²) < 4.78 is 0. The summed E-state index contributed by atoms with van der Waals surface area (Å²) in [6, 6.07) is 4.02. The summed E-state index contributed by atoms with van der Waals surface area (Å²) in [6.45, 7) is 4.31. The van der Waals surface area contributed by atoms with Crippen LogP contribution in [-0.2, 0) is 4.79 Å². The lowest BCUT2D eigenvalue weighted by Gasteiger charge is -2.21. The Morgan fingerprint density at radius 2 is 2.33 bits per heavy atom. The van der Waals surface area contributed by atoms with E-state index in [2.05, 4.69) is 15.2 Å². The van der Waals surface area contributed by atoms with E-state index < -0.39 is 0 Å². The van der Waals surface area contributed by atoms with Crippen molar-refractivity contribution in [3.8, 4) is 0 Å². The second kappa shape index (κ2) is 5.82. The number of nitrogens with two attached hydrogens (primary N) is 1. The number of carbonyl (C=O) groups is 1. The van der Waals surface area contributed by atoms with Crippen molar-refractivity contribution in [2.45, 2.75) is 25.8 Å². The van der Waals surface area contributed by atoms with Crippen LogP contribution in [0.2, 0.25) is 0 Å². The van der Waals surface area contributed by atoms with Gasteiger partial charge in [0.05, 0.1) is 17.6 Å². The molecule has 0 radical (unpaired) electrons. The molecule has 1 saturated heterocycles. The minimum absolute atomic E-state index is 0.00595. The maximum Gasteiger partial charge on any atom is 0.221 e. The maximum absolute atomic E-state index is 11.3. The van der Waals surface area contributed by atoms with Crippen LogP contribution in [0.4, 0.5) is 5.69 Å².